The summed E-state index contributed by atoms with van der Waals surface area (Å²) >= 11 is 0. The molecule has 1 unspecified atom stereocenters. The van der Waals surface area contributed by atoms with Crippen LogP contribution in [0.15, 0.2) is 0 Å². The van der Waals surface area contributed by atoms with Crippen molar-refractivity contribution < 1.29 is 0 Å². The topological polar surface area (TPSA) is 29.4 Å². The molecule has 3 heteroatoms. The normalized spacial score (nSPS) is 32.8. The van der Waals surface area contributed by atoms with Gasteiger partial charge in [-0.05, 0) is 12.8 Å². The summed E-state index contributed by atoms with van der Waals surface area (Å²) in [5, 5.41) is 8.13. The van der Waals surface area contributed by atoms with E-state index in [1.54, 1.807) is 0 Å². The first-order chi connectivity index (χ1) is 6.47. The molecule has 2 aliphatic rings. The third-order valence-corrected chi connectivity index (χ3v) is 3.03. The van der Waals surface area contributed by atoms with Crippen molar-refractivity contribution in [2.24, 2.45) is 0 Å². The summed E-state index contributed by atoms with van der Waals surface area (Å²) in [5.74, 6) is 0. The van der Waals surface area contributed by atoms with Gasteiger partial charge in [-0.15, -0.1) is 0 Å². The number of hydrogen-bond acceptors (Lipinski definition) is 2. The van der Waals surface area contributed by atoms with Gasteiger partial charge in [0.05, 0.1) is 6.17 Å². The minimum atomic E-state index is 0.546. The van der Waals surface area contributed by atoms with E-state index in [4.69, 9.17) is 5.32 Å². The predicted molar refractivity (Wildman–Crippen MR) is 53.7 cm³/mol. The summed E-state index contributed by atoms with van der Waals surface area (Å²) in [6, 6.07) is 0. The van der Waals surface area contributed by atoms with E-state index in [9.17, 15) is 0 Å². The highest BCUT2D eigenvalue weighted by molar-refractivity contribution is 4.76. The minimum absolute atomic E-state index is 0.546. The van der Waals surface area contributed by atoms with E-state index in [0.717, 1.165) is 19.6 Å². The lowest BCUT2D eigenvalue weighted by molar-refractivity contribution is 0.139. The molecule has 2 saturated heterocycles. The van der Waals surface area contributed by atoms with Crippen molar-refractivity contribution in [1.82, 2.24) is 15.5 Å². The number of rotatable bonds is 1. The first-order valence-electron chi connectivity index (χ1n) is 5.58. The van der Waals surface area contributed by atoms with Crippen LogP contribution in [0.3, 0.4) is 0 Å². The second-order valence-corrected chi connectivity index (χ2v) is 4.02. The average Bonchev–Trinajstić information content (AvgIpc) is 2.47. The Balaban J connectivity index is 1.82. The van der Waals surface area contributed by atoms with Gasteiger partial charge in [-0.3, -0.25) is 4.90 Å². The zero-order chi connectivity index (χ0) is 8.93. The smallest absolute Gasteiger partial charge is 0.0761 e. The van der Waals surface area contributed by atoms with Gasteiger partial charge in [0.1, 0.15) is 0 Å². The molecule has 1 radical (unpaired) electrons. The van der Waals surface area contributed by atoms with Crippen molar-refractivity contribution in [3.05, 3.63) is 0 Å². The fourth-order valence-electron chi connectivity index (χ4n) is 2.23. The monoisotopic (exact) mass is 182 g/mol. The Morgan fingerprint density at radius 2 is 1.92 bits per heavy atom. The van der Waals surface area contributed by atoms with Gasteiger partial charge in [0, 0.05) is 32.7 Å². The molecule has 75 valence electrons. The van der Waals surface area contributed by atoms with Crippen molar-refractivity contribution in [2.75, 3.05) is 32.7 Å². The fraction of sp³-hybridized carbons (Fsp3) is 1.00. The zero-order valence-electron chi connectivity index (χ0n) is 8.34. The van der Waals surface area contributed by atoms with Crippen molar-refractivity contribution in [3.63, 3.8) is 0 Å². The molecule has 0 bridgehead atoms. The first-order valence-corrected chi connectivity index (χ1v) is 5.58. The van der Waals surface area contributed by atoms with E-state index in [0.29, 0.717) is 6.17 Å². The minimum Gasteiger partial charge on any atom is -0.314 e. The molecule has 0 aromatic carbocycles. The summed E-state index contributed by atoms with van der Waals surface area (Å²) in [6.07, 6.45) is 5.90. The van der Waals surface area contributed by atoms with E-state index in [1.807, 2.05) is 0 Å². The highest BCUT2D eigenvalue weighted by atomic mass is 15.3. The molecule has 2 rings (SSSR count). The third-order valence-electron chi connectivity index (χ3n) is 3.03. The molecule has 2 heterocycles. The van der Waals surface area contributed by atoms with E-state index in [-0.39, 0.29) is 0 Å². The Labute approximate surface area is 80.9 Å². The number of hydrogen-bond donors (Lipinski definition) is 1. The fourth-order valence-corrected chi connectivity index (χ4v) is 2.23. The number of nitrogens with one attached hydrogen (secondary N) is 1. The Hall–Kier alpha value is -0.120. The Morgan fingerprint density at radius 3 is 2.77 bits per heavy atom. The van der Waals surface area contributed by atoms with Gasteiger partial charge in [-0.2, -0.15) is 0 Å². The first kappa shape index (κ1) is 9.44. The van der Waals surface area contributed by atoms with Gasteiger partial charge in [0.15, 0.2) is 0 Å². The lowest BCUT2D eigenvalue weighted by Gasteiger charge is -2.33. The van der Waals surface area contributed by atoms with Crippen molar-refractivity contribution >= 4 is 0 Å². The van der Waals surface area contributed by atoms with Crippen LogP contribution in [0, 0.1) is 0 Å². The van der Waals surface area contributed by atoms with Crippen LogP contribution in [0.4, 0.5) is 0 Å². The van der Waals surface area contributed by atoms with E-state index in [2.05, 4.69) is 10.2 Å². The van der Waals surface area contributed by atoms with Gasteiger partial charge < -0.3 is 5.32 Å². The van der Waals surface area contributed by atoms with E-state index < -0.39 is 0 Å². The maximum absolute atomic E-state index is 4.74. The van der Waals surface area contributed by atoms with Gasteiger partial charge in [-0.1, -0.05) is 12.8 Å². The molecule has 3 nitrogen and oxygen atoms in total. The largest absolute Gasteiger partial charge is 0.314 e. The lowest BCUT2D eigenvalue weighted by Crippen LogP contribution is -2.51. The summed E-state index contributed by atoms with van der Waals surface area (Å²) in [4.78, 5) is 2.54. The number of nitrogens with zero attached hydrogens (tertiary/aromatic N) is 2. The van der Waals surface area contributed by atoms with Crippen LogP contribution in [0.2, 0.25) is 0 Å². The van der Waals surface area contributed by atoms with Gasteiger partial charge in [0.2, 0.25) is 0 Å². The Kier molecular flexibility index (Phi) is 3.58. The molecule has 13 heavy (non-hydrogen) atoms. The third kappa shape index (κ3) is 2.66. The van der Waals surface area contributed by atoms with Crippen molar-refractivity contribution in [2.45, 2.75) is 31.8 Å². The molecule has 1 N–H and O–H groups in total. The SMILES string of the molecule is C1CC[N]C(N2CCNCC2)CC1. The molecular weight excluding hydrogens is 162 g/mol. The van der Waals surface area contributed by atoms with Crippen molar-refractivity contribution in [3.8, 4) is 0 Å². The Bertz CT molecular complexity index is 135. The quantitative estimate of drug-likeness (QED) is 0.636. The second kappa shape index (κ2) is 4.94. The van der Waals surface area contributed by atoms with Crippen LogP contribution >= 0.6 is 0 Å². The van der Waals surface area contributed by atoms with Crippen LogP contribution in [-0.4, -0.2) is 43.8 Å². The average molecular weight is 182 g/mol. The van der Waals surface area contributed by atoms with E-state index in [1.165, 1.54) is 38.8 Å². The zero-order valence-corrected chi connectivity index (χ0v) is 8.34. The maximum atomic E-state index is 4.74. The maximum Gasteiger partial charge on any atom is 0.0761 e. The van der Waals surface area contributed by atoms with Crippen molar-refractivity contribution in [1.29, 1.82) is 0 Å². The van der Waals surface area contributed by atoms with Crippen LogP contribution in [-0.2, 0) is 0 Å². The molecule has 0 aliphatic carbocycles. The standard InChI is InChI=1S/C10H20N3/c1-2-4-10(12-5-3-1)13-8-6-11-7-9-13/h10-11H,1-9H2. The molecule has 0 spiro atoms. The van der Waals surface area contributed by atoms with Crippen LogP contribution in [0.25, 0.3) is 0 Å². The molecule has 0 aromatic heterocycles. The Morgan fingerprint density at radius 1 is 1.08 bits per heavy atom. The summed E-state index contributed by atoms with van der Waals surface area (Å²) in [7, 11) is 0. The molecule has 2 fully saturated rings. The molecule has 1 atom stereocenters. The molecule has 0 aromatic rings. The van der Waals surface area contributed by atoms with Gasteiger partial charge >= 0.3 is 0 Å². The highest BCUT2D eigenvalue weighted by Gasteiger charge is 2.21. The summed E-state index contributed by atoms with van der Waals surface area (Å²) < 4.78 is 0. The molecule has 2 aliphatic heterocycles. The molecular formula is C10H20N3. The second-order valence-electron chi connectivity index (χ2n) is 4.02. The summed E-state index contributed by atoms with van der Waals surface area (Å²) in [6.45, 7) is 5.76. The van der Waals surface area contributed by atoms with Gasteiger partial charge in [-0.25, -0.2) is 5.32 Å². The summed E-state index contributed by atoms with van der Waals surface area (Å²) in [5.41, 5.74) is 0. The van der Waals surface area contributed by atoms with Crippen LogP contribution in [0.5, 0.6) is 0 Å². The highest BCUT2D eigenvalue weighted by Crippen LogP contribution is 2.13. The van der Waals surface area contributed by atoms with Crippen LogP contribution in [0.1, 0.15) is 25.7 Å². The van der Waals surface area contributed by atoms with E-state index >= 15 is 0 Å². The number of piperazine rings is 1. The molecule has 0 saturated carbocycles. The van der Waals surface area contributed by atoms with Gasteiger partial charge in [0.25, 0.3) is 0 Å². The lowest BCUT2D eigenvalue weighted by atomic mass is 10.2. The molecule has 0 amide bonds. The van der Waals surface area contributed by atoms with Crippen LogP contribution < -0.4 is 10.6 Å². The predicted octanol–water partition coefficient (Wildman–Crippen LogP) is 0.396.